The second-order valence-electron chi connectivity index (χ2n) is 7.84. The molecule has 2 heterocycles. The summed E-state index contributed by atoms with van der Waals surface area (Å²) in [5.41, 5.74) is 2.09. The van der Waals surface area contributed by atoms with Gasteiger partial charge >= 0.3 is 0 Å². The number of fused-ring (bicyclic) bond motifs is 2. The van der Waals surface area contributed by atoms with Crippen LogP contribution >= 0.6 is 11.3 Å². The highest BCUT2D eigenvalue weighted by atomic mass is 32.1. The number of hydrogen-bond acceptors (Lipinski definition) is 5. The Bertz CT molecular complexity index is 1120. The molecule has 0 atom stereocenters. The van der Waals surface area contributed by atoms with Crippen molar-refractivity contribution in [2.75, 3.05) is 24.2 Å². The predicted molar refractivity (Wildman–Crippen MR) is 115 cm³/mol. The Morgan fingerprint density at radius 2 is 1.90 bits per heavy atom. The summed E-state index contributed by atoms with van der Waals surface area (Å²) >= 11 is 1.53. The number of amides is 2. The van der Waals surface area contributed by atoms with Gasteiger partial charge in [-0.2, -0.15) is 0 Å². The first kappa shape index (κ1) is 18.3. The highest BCUT2D eigenvalue weighted by Gasteiger charge is 2.30. The molecule has 2 N–H and O–H groups in total. The van der Waals surface area contributed by atoms with Crippen LogP contribution in [-0.4, -0.2) is 35.3 Å². The number of rotatable bonds is 4. The maximum absolute atomic E-state index is 13.1. The molecule has 2 aliphatic rings. The van der Waals surface area contributed by atoms with Crippen LogP contribution in [0.5, 0.6) is 0 Å². The number of hydrogen-bond donors (Lipinski definition) is 2. The zero-order chi connectivity index (χ0) is 20.0. The van der Waals surface area contributed by atoms with Crippen molar-refractivity contribution in [3.63, 3.8) is 0 Å². The lowest BCUT2D eigenvalue weighted by molar-refractivity contribution is -0.117. The van der Waals surface area contributed by atoms with Crippen molar-refractivity contribution in [1.82, 2.24) is 9.88 Å². The molecule has 5 rings (SSSR count). The van der Waals surface area contributed by atoms with Gasteiger partial charge in [0, 0.05) is 30.3 Å². The van der Waals surface area contributed by atoms with Crippen LogP contribution in [0.1, 0.15) is 33.8 Å². The molecule has 3 aromatic rings. The number of carbonyl (C=O) groups is 2. The minimum absolute atomic E-state index is 0.0120. The molecule has 2 amide bonds. The standard InChI is InChI=1S/C22H22N4O2S/c1-26-9-8-17-19(12-26)29-22(24-17)25-21(28)16-10-14-4-2-3-5-15(14)11-18(16)23-20(27)13-6-7-13/h2-5,10-11,13H,6-9,12H2,1H3,(H,23,27)(H,24,25,28). The number of anilines is 2. The normalized spacial score (nSPS) is 16.4. The molecular formula is C22H22N4O2S. The Labute approximate surface area is 172 Å². The number of thiazole rings is 1. The van der Waals surface area contributed by atoms with E-state index in [0.29, 0.717) is 16.4 Å². The molecule has 1 saturated carbocycles. The zero-order valence-electron chi connectivity index (χ0n) is 16.2. The van der Waals surface area contributed by atoms with Crippen LogP contribution in [0.15, 0.2) is 36.4 Å². The average molecular weight is 407 g/mol. The first-order chi connectivity index (χ1) is 14.1. The van der Waals surface area contributed by atoms with Crippen LogP contribution in [0, 0.1) is 5.92 Å². The number of nitrogens with one attached hydrogen (secondary N) is 2. The molecule has 1 aromatic heterocycles. The maximum Gasteiger partial charge on any atom is 0.259 e. The lowest BCUT2D eigenvalue weighted by Crippen LogP contribution is -2.25. The van der Waals surface area contributed by atoms with Crippen LogP contribution in [0.25, 0.3) is 10.8 Å². The lowest BCUT2D eigenvalue weighted by Gasteiger charge is -2.20. The van der Waals surface area contributed by atoms with E-state index in [9.17, 15) is 9.59 Å². The van der Waals surface area contributed by atoms with E-state index >= 15 is 0 Å². The van der Waals surface area contributed by atoms with Crippen molar-refractivity contribution >= 4 is 44.7 Å². The molecule has 0 saturated heterocycles. The van der Waals surface area contributed by atoms with Gasteiger partial charge in [0.25, 0.3) is 5.91 Å². The Morgan fingerprint density at radius 3 is 2.66 bits per heavy atom. The number of likely N-dealkylation sites (N-methyl/N-ethyl adjacent to an activating group) is 1. The molecule has 1 aliphatic carbocycles. The molecule has 6 nitrogen and oxygen atoms in total. The number of aromatic nitrogens is 1. The third-order valence-electron chi connectivity index (χ3n) is 5.48. The Balaban J connectivity index is 1.46. The van der Waals surface area contributed by atoms with Gasteiger partial charge in [-0.3, -0.25) is 14.9 Å². The van der Waals surface area contributed by atoms with E-state index in [1.54, 1.807) is 0 Å². The second-order valence-corrected chi connectivity index (χ2v) is 8.92. The van der Waals surface area contributed by atoms with Crippen molar-refractivity contribution < 1.29 is 9.59 Å². The Kier molecular flexibility index (Phi) is 4.56. The van der Waals surface area contributed by atoms with Gasteiger partial charge in [0.2, 0.25) is 5.91 Å². The Morgan fingerprint density at radius 1 is 1.14 bits per heavy atom. The molecule has 1 fully saturated rings. The van der Waals surface area contributed by atoms with Gasteiger partial charge in [0.05, 0.1) is 16.9 Å². The summed E-state index contributed by atoms with van der Waals surface area (Å²) in [6, 6.07) is 11.6. The van der Waals surface area contributed by atoms with Crippen molar-refractivity contribution in [3.8, 4) is 0 Å². The van der Waals surface area contributed by atoms with Gasteiger partial charge in [-0.05, 0) is 42.8 Å². The molecule has 0 bridgehead atoms. The van der Waals surface area contributed by atoms with Gasteiger partial charge in [-0.1, -0.05) is 24.3 Å². The summed E-state index contributed by atoms with van der Waals surface area (Å²) in [6.45, 7) is 1.84. The van der Waals surface area contributed by atoms with Gasteiger partial charge in [0.15, 0.2) is 5.13 Å². The molecule has 0 radical (unpaired) electrons. The maximum atomic E-state index is 13.1. The van der Waals surface area contributed by atoms with E-state index in [1.165, 1.54) is 16.2 Å². The van der Waals surface area contributed by atoms with Crippen LogP contribution in [0.2, 0.25) is 0 Å². The predicted octanol–water partition coefficient (Wildman–Crippen LogP) is 3.89. The minimum atomic E-state index is -0.249. The fraction of sp³-hybridized carbons (Fsp3) is 0.318. The molecular weight excluding hydrogens is 384 g/mol. The van der Waals surface area contributed by atoms with E-state index in [1.807, 2.05) is 36.4 Å². The van der Waals surface area contributed by atoms with Gasteiger partial charge in [0.1, 0.15) is 0 Å². The van der Waals surface area contributed by atoms with Gasteiger partial charge in [-0.15, -0.1) is 11.3 Å². The summed E-state index contributed by atoms with van der Waals surface area (Å²) in [6.07, 6.45) is 2.73. The van der Waals surface area contributed by atoms with E-state index in [-0.39, 0.29) is 17.7 Å². The summed E-state index contributed by atoms with van der Waals surface area (Å²) in [4.78, 5) is 33.5. The second kappa shape index (κ2) is 7.24. The number of nitrogens with zero attached hydrogens (tertiary/aromatic N) is 2. The SMILES string of the molecule is CN1CCc2nc(NC(=O)c3cc4ccccc4cc3NC(=O)C3CC3)sc2C1. The van der Waals surface area contributed by atoms with E-state index in [0.717, 1.165) is 48.8 Å². The minimum Gasteiger partial charge on any atom is -0.325 e. The van der Waals surface area contributed by atoms with Gasteiger partial charge < -0.3 is 10.2 Å². The average Bonchev–Trinajstić information content (AvgIpc) is 3.48. The molecule has 1 aliphatic heterocycles. The lowest BCUT2D eigenvalue weighted by atomic mass is 10.0. The monoisotopic (exact) mass is 406 g/mol. The summed E-state index contributed by atoms with van der Waals surface area (Å²) in [5, 5.41) is 8.48. The fourth-order valence-electron chi connectivity index (χ4n) is 3.65. The smallest absolute Gasteiger partial charge is 0.259 e. The fourth-order valence-corrected chi connectivity index (χ4v) is 4.74. The molecule has 29 heavy (non-hydrogen) atoms. The number of carbonyl (C=O) groups excluding carboxylic acids is 2. The van der Waals surface area contributed by atoms with Crippen LogP contribution < -0.4 is 10.6 Å². The van der Waals surface area contributed by atoms with Crippen molar-refractivity contribution in [2.24, 2.45) is 5.92 Å². The number of benzene rings is 2. The summed E-state index contributed by atoms with van der Waals surface area (Å²) < 4.78 is 0. The van der Waals surface area contributed by atoms with Crippen LogP contribution in [0.4, 0.5) is 10.8 Å². The Hall–Kier alpha value is -2.77. The van der Waals surface area contributed by atoms with E-state index < -0.39 is 0 Å². The summed E-state index contributed by atoms with van der Waals surface area (Å²) in [7, 11) is 2.09. The quantitative estimate of drug-likeness (QED) is 0.689. The van der Waals surface area contributed by atoms with Crippen molar-refractivity contribution in [3.05, 3.63) is 52.5 Å². The van der Waals surface area contributed by atoms with Gasteiger partial charge in [-0.25, -0.2) is 4.98 Å². The molecule has 0 unspecified atom stereocenters. The van der Waals surface area contributed by atoms with E-state index in [2.05, 4.69) is 27.6 Å². The first-order valence-electron chi connectivity index (χ1n) is 9.89. The van der Waals surface area contributed by atoms with Crippen molar-refractivity contribution in [2.45, 2.75) is 25.8 Å². The molecule has 7 heteroatoms. The topological polar surface area (TPSA) is 74.3 Å². The zero-order valence-corrected chi connectivity index (χ0v) is 17.0. The first-order valence-corrected chi connectivity index (χ1v) is 10.7. The molecule has 2 aromatic carbocycles. The molecule has 0 spiro atoms. The summed E-state index contributed by atoms with van der Waals surface area (Å²) in [5.74, 6) is -0.191. The van der Waals surface area contributed by atoms with Crippen molar-refractivity contribution in [1.29, 1.82) is 0 Å². The third kappa shape index (κ3) is 3.75. The highest BCUT2D eigenvalue weighted by Crippen LogP contribution is 2.33. The largest absolute Gasteiger partial charge is 0.325 e. The molecule has 148 valence electrons. The van der Waals surface area contributed by atoms with Crippen LogP contribution in [-0.2, 0) is 17.8 Å². The van der Waals surface area contributed by atoms with Crippen LogP contribution in [0.3, 0.4) is 0 Å². The van der Waals surface area contributed by atoms with E-state index in [4.69, 9.17) is 0 Å². The third-order valence-corrected chi connectivity index (χ3v) is 6.48. The highest BCUT2D eigenvalue weighted by molar-refractivity contribution is 7.15.